The molecule has 16 heavy (non-hydrogen) atoms. The predicted octanol–water partition coefficient (Wildman–Crippen LogP) is 1.97. The molecule has 0 aliphatic heterocycles. The fraction of sp³-hybridized carbons (Fsp3) is 0.556. The summed E-state index contributed by atoms with van der Waals surface area (Å²) in [7, 11) is -3.23. The van der Waals surface area contributed by atoms with Crippen molar-refractivity contribution in [3.05, 3.63) is 20.8 Å². The summed E-state index contributed by atoms with van der Waals surface area (Å²) in [5.74, 6) is 0.00733. The van der Waals surface area contributed by atoms with Crippen molar-refractivity contribution in [1.29, 1.82) is 0 Å². The van der Waals surface area contributed by atoms with E-state index in [2.05, 4.69) is 20.7 Å². The SMILES string of the molecule is CCOCCS(=O)(=O)NCc1cc(Br)cs1. The van der Waals surface area contributed by atoms with Crippen molar-refractivity contribution in [3.63, 3.8) is 0 Å². The summed E-state index contributed by atoms with van der Waals surface area (Å²) in [6, 6.07) is 1.90. The van der Waals surface area contributed by atoms with Crippen LogP contribution in [0.25, 0.3) is 0 Å². The maximum absolute atomic E-state index is 11.5. The third kappa shape index (κ3) is 5.40. The van der Waals surface area contributed by atoms with Gasteiger partial charge in [-0.05, 0) is 28.9 Å². The Labute approximate surface area is 108 Å². The summed E-state index contributed by atoms with van der Waals surface area (Å²) in [6.45, 7) is 2.95. The molecule has 1 heterocycles. The van der Waals surface area contributed by atoms with Gasteiger partial charge in [-0.25, -0.2) is 13.1 Å². The lowest BCUT2D eigenvalue weighted by molar-refractivity contribution is 0.163. The van der Waals surface area contributed by atoms with Crippen LogP contribution in [0, 0.1) is 0 Å². The maximum atomic E-state index is 11.5. The number of hydrogen-bond donors (Lipinski definition) is 1. The minimum atomic E-state index is -3.23. The summed E-state index contributed by atoms with van der Waals surface area (Å²) < 4.78 is 31.5. The Kier molecular flexibility index (Phi) is 5.91. The van der Waals surface area contributed by atoms with Crippen LogP contribution in [-0.4, -0.2) is 27.4 Å². The summed E-state index contributed by atoms with van der Waals surface area (Å²) in [6.07, 6.45) is 0. The molecule has 92 valence electrons. The van der Waals surface area contributed by atoms with E-state index < -0.39 is 10.0 Å². The smallest absolute Gasteiger partial charge is 0.214 e. The number of ether oxygens (including phenoxy) is 1. The van der Waals surface area contributed by atoms with Gasteiger partial charge >= 0.3 is 0 Å². The Hall–Kier alpha value is 0.0500. The van der Waals surface area contributed by atoms with Crippen LogP contribution in [0.2, 0.25) is 0 Å². The minimum absolute atomic E-state index is 0.00733. The average molecular weight is 328 g/mol. The molecule has 0 spiro atoms. The van der Waals surface area contributed by atoms with Crippen molar-refractivity contribution >= 4 is 37.3 Å². The Bertz CT molecular complexity index is 416. The first-order valence-corrected chi connectivity index (χ1v) is 8.14. The number of rotatable bonds is 7. The third-order valence-electron chi connectivity index (χ3n) is 1.79. The van der Waals surface area contributed by atoms with Gasteiger partial charge in [0.05, 0.1) is 12.4 Å². The lowest BCUT2D eigenvalue weighted by Crippen LogP contribution is -2.27. The minimum Gasteiger partial charge on any atom is -0.381 e. The topological polar surface area (TPSA) is 55.4 Å². The third-order valence-corrected chi connectivity index (χ3v) is 4.77. The van der Waals surface area contributed by atoms with Gasteiger partial charge in [0.1, 0.15) is 0 Å². The highest BCUT2D eigenvalue weighted by molar-refractivity contribution is 9.10. The first-order chi connectivity index (χ1) is 7.53. The number of nitrogens with one attached hydrogen (secondary N) is 1. The van der Waals surface area contributed by atoms with Crippen LogP contribution in [0.3, 0.4) is 0 Å². The molecular weight excluding hydrogens is 314 g/mol. The molecule has 0 aromatic carbocycles. The number of thiophene rings is 1. The van der Waals surface area contributed by atoms with Gasteiger partial charge in [-0.3, -0.25) is 0 Å². The molecule has 7 heteroatoms. The van der Waals surface area contributed by atoms with Crippen molar-refractivity contribution in [1.82, 2.24) is 4.72 Å². The highest BCUT2D eigenvalue weighted by Crippen LogP contribution is 2.19. The Morgan fingerprint density at radius 1 is 1.56 bits per heavy atom. The molecular formula is C9H14BrNO3S2. The van der Waals surface area contributed by atoms with Gasteiger partial charge in [-0.15, -0.1) is 11.3 Å². The Morgan fingerprint density at radius 3 is 2.88 bits per heavy atom. The molecule has 1 N–H and O–H groups in total. The predicted molar refractivity (Wildman–Crippen MR) is 69.1 cm³/mol. The Balaban J connectivity index is 2.36. The van der Waals surface area contributed by atoms with Crippen molar-refractivity contribution in [2.24, 2.45) is 0 Å². The van der Waals surface area contributed by atoms with E-state index in [0.717, 1.165) is 9.35 Å². The van der Waals surface area contributed by atoms with Crippen molar-refractivity contribution in [3.8, 4) is 0 Å². The van der Waals surface area contributed by atoms with E-state index in [1.165, 1.54) is 11.3 Å². The van der Waals surface area contributed by atoms with Crippen LogP contribution in [-0.2, 0) is 21.3 Å². The fourth-order valence-electron chi connectivity index (χ4n) is 1.01. The zero-order chi connectivity index (χ0) is 12.0. The zero-order valence-corrected chi connectivity index (χ0v) is 12.1. The first-order valence-electron chi connectivity index (χ1n) is 4.81. The number of halogens is 1. The molecule has 0 radical (unpaired) electrons. The van der Waals surface area contributed by atoms with Crippen LogP contribution in [0.4, 0.5) is 0 Å². The summed E-state index contributed by atoms with van der Waals surface area (Å²) in [5.41, 5.74) is 0. The standard InChI is InChI=1S/C9H14BrNO3S2/c1-2-14-3-4-16(12,13)11-6-9-5-8(10)7-15-9/h5,7,11H,2-4,6H2,1H3. The largest absolute Gasteiger partial charge is 0.381 e. The first kappa shape index (κ1) is 14.1. The summed E-state index contributed by atoms with van der Waals surface area (Å²) >= 11 is 4.83. The van der Waals surface area contributed by atoms with Crippen molar-refractivity contribution in [2.45, 2.75) is 13.5 Å². The molecule has 0 saturated carbocycles. The van der Waals surface area contributed by atoms with Crippen LogP contribution < -0.4 is 4.72 Å². The number of hydrogen-bond acceptors (Lipinski definition) is 4. The molecule has 0 amide bonds. The van der Waals surface area contributed by atoms with E-state index in [9.17, 15) is 8.42 Å². The summed E-state index contributed by atoms with van der Waals surface area (Å²) in [5, 5.41) is 1.92. The molecule has 1 aromatic rings. The van der Waals surface area contributed by atoms with Crippen molar-refractivity contribution < 1.29 is 13.2 Å². The molecule has 1 rings (SSSR count). The molecule has 4 nitrogen and oxygen atoms in total. The molecule has 0 atom stereocenters. The fourth-order valence-corrected chi connectivity index (χ4v) is 3.35. The molecule has 0 bridgehead atoms. The lowest BCUT2D eigenvalue weighted by Gasteiger charge is -2.05. The normalized spacial score (nSPS) is 11.9. The van der Waals surface area contributed by atoms with E-state index in [4.69, 9.17) is 4.74 Å². The molecule has 0 aliphatic carbocycles. The van der Waals surface area contributed by atoms with Gasteiger partial charge < -0.3 is 4.74 Å². The van der Waals surface area contributed by atoms with Crippen LogP contribution in [0.15, 0.2) is 15.9 Å². The zero-order valence-electron chi connectivity index (χ0n) is 8.90. The highest BCUT2D eigenvalue weighted by Gasteiger charge is 2.10. The second-order valence-corrected chi connectivity index (χ2v) is 6.91. The highest BCUT2D eigenvalue weighted by atomic mass is 79.9. The van der Waals surface area contributed by atoms with E-state index >= 15 is 0 Å². The Morgan fingerprint density at radius 2 is 2.31 bits per heavy atom. The van der Waals surface area contributed by atoms with Gasteiger partial charge in [0.15, 0.2) is 0 Å². The summed E-state index contributed by atoms with van der Waals surface area (Å²) in [4.78, 5) is 0.979. The number of sulfonamides is 1. The maximum Gasteiger partial charge on any atom is 0.214 e. The molecule has 1 aromatic heterocycles. The quantitative estimate of drug-likeness (QED) is 0.779. The van der Waals surface area contributed by atoms with Gasteiger partial charge in [-0.2, -0.15) is 0 Å². The van der Waals surface area contributed by atoms with E-state index in [1.807, 2.05) is 18.4 Å². The van der Waals surface area contributed by atoms with Crippen LogP contribution in [0.5, 0.6) is 0 Å². The monoisotopic (exact) mass is 327 g/mol. The molecule has 0 unspecified atom stereocenters. The average Bonchev–Trinajstić information content (AvgIpc) is 2.62. The van der Waals surface area contributed by atoms with Gasteiger partial charge in [0.25, 0.3) is 0 Å². The van der Waals surface area contributed by atoms with E-state index in [1.54, 1.807) is 0 Å². The lowest BCUT2D eigenvalue weighted by atomic mass is 10.5. The molecule has 0 saturated heterocycles. The van der Waals surface area contributed by atoms with E-state index in [-0.39, 0.29) is 12.4 Å². The van der Waals surface area contributed by atoms with Gasteiger partial charge in [0.2, 0.25) is 10.0 Å². The second-order valence-electron chi connectivity index (χ2n) is 3.07. The van der Waals surface area contributed by atoms with E-state index in [0.29, 0.717) is 13.2 Å². The van der Waals surface area contributed by atoms with Crippen LogP contribution >= 0.6 is 27.3 Å². The molecule has 0 aliphatic rings. The van der Waals surface area contributed by atoms with Gasteiger partial charge in [0, 0.05) is 27.9 Å². The second kappa shape index (κ2) is 6.70. The van der Waals surface area contributed by atoms with Crippen molar-refractivity contribution in [2.75, 3.05) is 19.0 Å². The van der Waals surface area contributed by atoms with Crippen LogP contribution in [0.1, 0.15) is 11.8 Å². The molecule has 0 fully saturated rings. The van der Waals surface area contributed by atoms with Gasteiger partial charge in [-0.1, -0.05) is 0 Å².